The summed E-state index contributed by atoms with van der Waals surface area (Å²) in [4.78, 5) is 0. The molecule has 130 valence electrons. The minimum absolute atomic E-state index is 0.124. The van der Waals surface area contributed by atoms with Gasteiger partial charge in [-0.15, -0.1) is 5.23 Å². The summed E-state index contributed by atoms with van der Waals surface area (Å²) in [7, 11) is 0. The minimum atomic E-state index is -0.595. The van der Waals surface area contributed by atoms with Gasteiger partial charge in [-0.1, -0.05) is 13.8 Å². The van der Waals surface area contributed by atoms with Gasteiger partial charge in [-0.25, -0.2) is 0 Å². The third kappa shape index (κ3) is 1.85. The Labute approximate surface area is 139 Å². The fraction of sp³-hybridized carbons (Fsp3) is 0.562. The van der Waals surface area contributed by atoms with E-state index in [-0.39, 0.29) is 27.4 Å². The molecular formula is C16H20N4O4-2. The highest BCUT2D eigenvalue weighted by molar-refractivity contribution is 5.78. The van der Waals surface area contributed by atoms with Crippen molar-refractivity contribution in [3.63, 3.8) is 0 Å². The fourth-order valence-corrected chi connectivity index (χ4v) is 5.35. The summed E-state index contributed by atoms with van der Waals surface area (Å²) in [5, 5.41) is 43.8. The summed E-state index contributed by atoms with van der Waals surface area (Å²) < 4.78 is 0. The molecule has 0 heterocycles. The summed E-state index contributed by atoms with van der Waals surface area (Å²) in [6, 6.07) is 3.78. The van der Waals surface area contributed by atoms with E-state index < -0.39 is 5.23 Å². The largest absolute Gasteiger partial charge is 0.769 e. The zero-order chi connectivity index (χ0) is 17.3. The lowest BCUT2D eigenvalue weighted by Gasteiger charge is -2.37. The standard InChI is InChI=1S/C16H20N4O4/c1-15(2)9-5-11-12(6-9)16(11,15)8-17-18-13-4-3-10(19(21)22)7-14(13)20(23)24/h3-4,7-9,11-12,18,23-24H,5-6H2,1-2H3/q-2. The molecule has 4 aliphatic rings. The first-order valence-electron chi connectivity index (χ1n) is 8.05. The van der Waals surface area contributed by atoms with Gasteiger partial charge in [-0.2, -0.15) is 5.10 Å². The molecule has 0 aliphatic heterocycles. The highest BCUT2D eigenvalue weighted by Gasteiger charge is 2.81. The van der Waals surface area contributed by atoms with E-state index in [0.717, 1.165) is 12.0 Å². The quantitative estimate of drug-likeness (QED) is 0.560. The van der Waals surface area contributed by atoms with Gasteiger partial charge in [-0.3, -0.25) is 15.8 Å². The smallest absolute Gasteiger partial charge is 0.121 e. The second-order valence-electron chi connectivity index (χ2n) is 7.65. The SMILES string of the molecule is CC1(C)C2CC3C(C2)C31C=NNc1ccc(N([O-])[O-])cc1N(O)O. The number of hydrogen-bond donors (Lipinski definition) is 3. The van der Waals surface area contributed by atoms with E-state index in [2.05, 4.69) is 24.4 Å². The van der Waals surface area contributed by atoms with E-state index in [1.54, 1.807) is 0 Å². The molecule has 0 radical (unpaired) electrons. The van der Waals surface area contributed by atoms with Crippen LogP contribution in [0.5, 0.6) is 0 Å². The van der Waals surface area contributed by atoms with E-state index >= 15 is 0 Å². The molecule has 1 aromatic rings. The van der Waals surface area contributed by atoms with Crippen molar-refractivity contribution >= 4 is 23.3 Å². The van der Waals surface area contributed by atoms with Crippen LogP contribution in [0, 0.1) is 39.0 Å². The first-order chi connectivity index (χ1) is 11.3. The second kappa shape index (κ2) is 4.82. The number of benzene rings is 1. The van der Waals surface area contributed by atoms with E-state index in [1.807, 2.05) is 6.21 Å². The molecule has 0 spiro atoms. The summed E-state index contributed by atoms with van der Waals surface area (Å²) >= 11 is 0. The number of anilines is 3. The Morgan fingerprint density at radius 1 is 1.25 bits per heavy atom. The maximum atomic E-state index is 10.8. The van der Waals surface area contributed by atoms with Crippen LogP contribution in [-0.4, -0.2) is 16.6 Å². The maximum Gasteiger partial charge on any atom is 0.121 e. The van der Waals surface area contributed by atoms with Crippen molar-refractivity contribution in [1.82, 2.24) is 0 Å². The van der Waals surface area contributed by atoms with E-state index in [9.17, 15) is 20.8 Å². The van der Waals surface area contributed by atoms with E-state index in [4.69, 9.17) is 0 Å². The average Bonchev–Trinajstić information content (AvgIpc) is 2.81. The number of nitrogens with zero attached hydrogens (tertiary/aromatic N) is 3. The number of rotatable bonds is 5. The Balaban J connectivity index is 1.55. The second-order valence-corrected chi connectivity index (χ2v) is 7.65. The highest BCUT2D eigenvalue weighted by atomic mass is 16.8. The number of nitrogens with one attached hydrogen (secondary N) is 1. The van der Waals surface area contributed by atoms with Gasteiger partial charge in [0, 0.05) is 17.3 Å². The Morgan fingerprint density at radius 3 is 2.42 bits per heavy atom. The van der Waals surface area contributed by atoms with Crippen LogP contribution in [0.4, 0.5) is 17.1 Å². The molecule has 1 aromatic carbocycles. The molecule has 2 unspecified atom stereocenters. The van der Waals surface area contributed by atoms with Crippen molar-refractivity contribution in [1.29, 1.82) is 0 Å². The Bertz CT molecular complexity index is 691. The predicted octanol–water partition coefficient (Wildman–Crippen LogP) is 3.15. The monoisotopic (exact) mass is 332 g/mol. The van der Waals surface area contributed by atoms with Gasteiger partial charge >= 0.3 is 0 Å². The molecule has 24 heavy (non-hydrogen) atoms. The normalized spacial score (nSPS) is 34.7. The van der Waals surface area contributed by atoms with Gasteiger partial charge in [0.2, 0.25) is 0 Å². The summed E-state index contributed by atoms with van der Waals surface area (Å²) in [6.07, 6.45) is 4.51. The van der Waals surface area contributed by atoms with Crippen LogP contribution in [0.25, 0.3) is 0 Å². The lowest BCUT2D eigenvalue weighted by Crippen LogP contribution is -2.26. The van der Waals surface area contributed by atoms with Crippen LogP contribution < -0.4 is 15.9 Å². The maximum absolute atomic E-state index is 10.8. The molecule has 8 heteroatoms. The lowest BCUT2D eigenvalue weighted by atomic mass is 9.76. The molecule has 2 atom stereocenters. The first-order valence-corrected chi connectivity index (χ1v) is 8.05. The van der Waals surface area contributed by atoms with Crippen LogP contribution in [0.3, 0.4) is 0 Å². The third-order valence-electron chi connectivity index (χ3n) is 6.69. The zero-order valence-corrected chi connectivity index (χ0v) is 13.5. The van der Waals surface area contributed by atoms with Gasteiger partial charge in [0.25, 0.3) is 0 Å². The lowest BCUT2D eigenvalue weighted by molar-refractivity contribution is 0.0295. The Kier molecular flexibility index (Phi) is 3.14. The minimum Gasteiger partial charge on any atom is -0.769 e. The van der Waals surface area contributed by atoms with Crippen molar-refractivity contribution in [2.45, 2.75) is 26.7 Å². The van der Waals surface area contributed by atoms with Crippen LogP contribution in [0.1, 0.15) is 26.7 Å². The average molecular weight is 332 g/mol. The fourth-order valence-electron chi connectivity index (χ4n) is 5.35. The Hall–Kier alpha value is -1.87. The van der Waals surface area contributed by atoms with Crippen LogP contribution in [0.2, 0.25) is 0 Å². The van der Waals surface area contributed by atoms with E-state index in [1.165, 1.54) is 25.0 Å². The molecule has 4 aliphatic carbocycles. The highest BCUT2D eigenvalue weighted by Crippen LogP contribution is 2.85. The molecule has 0 amide bonds. The van der Waals surface area contributed by atoms with Crippen molar-refractivity contribution < 1.29 is 10.4 Å². The summed E-state index contributed by atoms with van der Waals surface area (Å²) in [5.41, 5.74) is 3.12. The molecule has 8 nitrogen and oxygen atoms in total. The summed E-state index contributed by atoms with van der Waals surface area (Å²) in [6.45, 7) is 4.61. The van der Waals surface area contributed by atoms with Crippen LogP contribution >= 0.6 is 0 Å². The van der Waals surface area contributed by atoms with Gasteiger partial charge in [0.15, 0.2) is 0 Å². The van der Waals surface area contributed by atoms with Crippen molar-refractivity contribution in [2.75, 3.05) is 15.9 Å². The Morgan fingerprint density at radius 2 is 1.92 bits per heavy atom. The molecule has 0 saturated heterocycles. The van der Waals surface area contributed by atoms with Crippen molar-refractivity contribution in [2.24, 2.45) is 33.7 Å². The number of hydrazone groups is 1. The van der Waals surface area contributed by atoms with Crippen molar-refractivity contribution in [3.05, 3.63) is 28.6 Å². The van der Waals surface area contributed by atoms with E-state index in [0.29, 0.717) is 17.5 Å². The van der Waals surface area contributed by atoms with Crippen LogP contribution in [0.15, 0.2) is 23.3 Å². The van der Waals surface area contributed by atoms with Gasteiger partial charge in [-0.05, 0) is 54.2 Å². The third-order valence-corrected chi connectivity index (χ3v) is 6.69. The molecule has 4 bridgehead atoms. The molecule has 4 saturated carbocycles. The molecule has 0 aromatic heterocycles. The molecule has 3 N–H and O–H groups in total. The molecule has 5 rings (SSSR count). The topological polar surface area (TPSA) is 117 Å². The van der Waals surface area contributed by atoms with Crippen LogP contribution in [-0.2, 0) is 0 Å². The van der Waals surface area contributed by atoms with Crippen molar-refractivity contribution in [3.8, 4) is 0 Å². The number of hydrogen-bond acceptors (Lipinski definition) is 8. The zero-order valence-electron chi connectivity index (χ0n) is 13.5. The summed E-state index contributed by atoms with van der Waals surface area (Å²) in [5.74, 6) is 2.19. The molecular weight excluding hydrogens is 312 g/mol. The molecule has 4 fully saturated rings. The van der Waals surface area contributed by atoms with Gasteiger partial charge in [0.05, 0.1) is 5.69 Å². The first kappa shape index (κ1) is 15.6. The predicted molar refractivity (Wildman–Crippen MR) is 89.7 cm³/mol. The van der Waals surface area contributed by atoms with Gasteiger partial charge < -0.3 is 15.6 Å². The van der Waals surface area contributed by atoms with Gasteiger partial charge in [0.1, 0.15) is 5.69 Å².